The zero-order valence-electron chi connectivity index (χ0n) is 15.6. The van der Waals surface area contributed by atoms with Gasteiger partial charge in [0.05, 0.1) is 16.4 Å². The first-order valence-corrected chi connectivity index (χ1v) is 12.9. The van der Waals surface area contributed by atoms with Crippen LogP contribution in [0.4, 0.5) is 4.39 Å². The summed E-state index contributed by atoms with van der Waals surface area (Å²) in [5.41, 5.74) is 2.79. The third-order valence-corrected chi connectivity index (χ3v) is 6.20. The van der Waals surface area contributed by atoms with Crippen molar-refractivity contribution in [2.24, 2.45) is 0 Å². The molecule has 2 aromatic rings. The number of rotatable bonds is 8. The fourth-order valence-electron chi connectivity index (χ4n) is 2.42. The molecule has 2 rings (SSSR count). The van der Waals surface area contributed by atoms with Crippen LogP contribution >= 0.6 is 15.9 Å². The van der Waals surface area contributed by atoms with Crippen molar-refractivity contribution < 1.29 is 9.13 Å². The number of benzene rings is 1. The van der Waals surface area contributed by atoms with Gasteiger partial charge >= 0.3 is 0 Å². The first kappa shape index (κ1) is 20.3. The van der Waals surface area contributed by atoms with E-state index in [0.717, 1.165) is 29.5 Å². The minimum Gasteiger partial charge on any atom is -0.360 e. The molecule has 0 N–H and O–H groups in total. The molecule has 1 heterocycles. The minimum absolute atomic E-state index is 0.271. The summed E-state index contributed by atoms with van der Waals surface area (Å²) in [6.07, 6.45) is 1.80. The molecular weight excluding hydrogens is 401 g/mol. The van der Waals surface area contributed by atoms with E-state index in [1.54, 1.807) is 12.3 Å². The molecule has 0 unspecified atom stereocenters. The van der Waals surface area contributed by atoms with E-state index in [4.69, 9.17) is 4.74 Å². The van der Waals surface area contributed by atoms with Crippen molar-refractivity contribution in [3.63, 3.8) is 0 Å². The molecule has 7 heteroatoms. The number of halogens is 2. The Balaban J connectivity index is 2.20. The van der Waals surface area contributed by atoms with E-state index in [2.05, 4.69) is 45.6 Å². The van der Waals surface area contributed by atoms with Crippen LogP contribution in [0.5, 0.6) is 0 Å². The molecule has 0 aliphatic carbocycles. The van der Waals surface area contributed by atoms with Gasteiger partial charge in [0, 0.05) is 26.8 Å². The van der Waals surface area contributed by atoms with Crippen LogP contribution < -0.4 is 0 Å². The highest BCUT2D eigenvalue weighted by Gasteiger charge is 2.16. The molecule has 0 saturated heterocycles. The molecule has 0 saturated carbocycles. The van der Waals surface area contributed by atoms with E-state index in [1.807, 2.05) is 24.8 Å². The Morgan fingerprint density at radius 3 is 2.60 bits per heavy atom. The van der Waals surface area contributed by atoms with Crippen molar-refractivity contribution in [3.05, 3.63) is 40.4 Å². The predicted octanol–water partition coefficient (Wildman–Crippen LogP) is 4.83. The molecule has 0 amide bonds. The van der Waals surface area contributed by atoms with E-state index in [9.17, 15) is 4.39 Å². The normalized spacial score (nSPS) is 12.2. The quantitative estimate of drug-likeness (QED) is 0.446. The highest BCUT2D eigenvalue weighted by Crippen LogP contribution is 2.28. The second kappa shape index (κ2) is 8.57. The first-order valence-electron chi connectivity index (χ1n) is 8.40. The highest BCUT2D eigenvalue weighted by molar-refractivity contribution is 9.10. The van der Waals surface area contributed by atoms with Crippen LogP contribution in [-0.4, -0.2) is 43.5 Å². The highest BCUT2D eigenvalue weighted by atomic mass is 79.9. The Labute approximate surface area is 159 Å². The fraction of sp³-hybridized carbons (Fsp3) is 0.500. The molecule has 0 aliphatic rings. The van der Waals surface area contributed by atoms with Gasteiger partial charge in [-0.15, -0.1) is 0 Å². The Bertz CT molecular complexity index is 713. The summed E-state index contributed by atoms with van der Waals surface area (Å²) >= 11 is 3.20. The summed E-state index contributed by atoms with van der Waals surface area (Å²) in [5.74, 6) is -0.271. The number of nitrogens with zero attached hydrogens (tertiary/aromatic N) is 3. The van der Waals surface area contributed by atoms with Crippen molar-refractivity contribution in [1.82, 2.24) is 14.7 Å². The van der Waals surface area contributed by atoms with Crippen LogP contribution in [0.1, 0.15) is 5.69 Å². The van der Waals surface area contributed by atoms with Crippen molar-refractivity contribution >= 4 is 24.0 Å². The monoisotopic (exact) mass is 427 g/mol. The lowest BCUT2D eigenvalue weighted by atomic mass is 10.1. The second-order valence-corrected chi connectivity index (χ2v) is 14.2. The molecule has 0 bridgehead atoms. The summed E-state index contributed by atoms with van der Waals surface area (Å²) in [7, 11) is 2.92. The number of ether oxygens (including phenoxy) is 1. The molecule has 1 aromatic heterocycles. The Hall–Kier alpha value is -1.02. The van der Waals surface area contributed by atoms with Gasteiger partial charge in [-0.3, -0.25) is 0 Å². The van der Waals surface area contributed by atoms with Crippen molar-refractivity contribution in [2.75, 3.05) is 20.7 Å². The van der Waals surface area contributed by atoms with Gasteiger partial charge < -0.3 is 9.64 Å². The third-order valence-electron chi connectivity index (χ3n) is 3.86. The first-order chi connectivity index (χ1) is 11.7. The van der Waals surface area contributed by atoms with E-state index in [0.29, 0.717) is 17.7 Å². The van der Waals surface area contributed by atoms with Crippen molar-refractivity contribution in [1.29, 1.82) is 0 Å². The molecule has 25 heavy (non-hydrogen) atoms. The van der Waals surface area contributed by atoms with Crippen LogP contribution in [0, 0.1) is 5.82 Å². The van der Waals surface area contributed by atoms with Crippen LogP contribution in [0.25, 0.3) is 11.1 Å². The smallest absolute Gasteiger partial charge is 0.139 e. The van der Waals surface area contributed by atoms with E-state index >= 15 is 0 Å². The zero-order valence-corrected chi connectivity index (χ0v) is 18.2. The third kappa shape index (κ3) is 6.02. The number of aromatic nitrogens is 2. The molecule has 0 fully saturated rings. The molecule has 4 nitrogen and oxygen atoms in total. The molecule has 0 atom stereocenters. The van der Waals surface area contributed by atoms with Gasteiger partial charge in [0.2, 0.25) is 0 Å². The Morgan fingerprint density at radius 2 is 2.00 bits per heavy atom. The van der Waals surface area contributed by atoms with E-state index < -0.39 is 8.07 Å². The van der Waals surface area contributed by atoms with Gasteiger partial charge in [0.1, 0.15) is 12.5 Å². The molecular formula is C18H27BrFN3OSi. The zero-order chi connectivity index (χ0) is 18.6. The summed E-state index contributed by atoms with van der Waals surface area (Å²) in [6.45, 7) is 8.89. The SMILES string of the molecule is CN(C)Cc1c(-c2ccc(Br)c(F)c2)cnn1COCC[Si](C)(C)C. The van der Waals surface area contributed by atoms with E-state index in [-0.39, 0.29) is 5.82 Å². The summed E-state index contributed by atoms with van der Waals surface area (Å²) in [6, 6.07) is 6.30. The number of hydrogen-bond donors (Lipinski definition) is 0. The minimum atomic E-state index is -1.10. The van der Waals surface area contributed by atoms with Gasteiger partial charge in [-0.25, -0.2) is 9.07 Å². The molecule has 0 radical (unpaired) electrons. The predicted molar refractivity (Wildman–Crippen MR) is 107 cm³/mol. The molecule has 1 aromatic carbocycles. The lowest BCUT2D eigenvalue weighted by Crippen LogP contribution is -2.22. The molecule has 138 valence electrons. The van der Waals surface area contributed by atoms with Crippen molar-refractivity contribution in [3.8, 4) is 11.1 Å². The van der Waals surface area contributed by atoms with Crippen LogP contribution in [0.3, 0.4) is 0 Å². The maximum atomic E-state index is 13.9. The Kier molecular flexibility index (Phi) is 6.96. The lowest BCUT2D eigenvalue weighted by molar-refractivity contribution is 0.0752. The van der Waals surface area contributed by atoms with Gasteiger partial charge in [0.15, 0.2) is 0 Å². The maximum absolute atomic E-state index is 13.9. The average Bonchev–Trinajstić information content (AvgIpc) is 2.88. The van der Waals surface area contributed by atoms with Crippen LogP contribution in [-0.2, 0) is 18.0 Å². The van der Waals surface area contributed by atoms with Gasteiger partial charge in [-0.2, -0.15) is 5.10 Å². The van der Waals surface area contributed by atoms with Gasteiger partial charge in [-0.1, -0.05) is 25.7 Å². The van der Waals surface area contributed by atoms with Crippen molar-refractivity contribution in [2.45, 2.75) is 39.0 Å². The standard InChI is InChI=1S/C18H27BrFN3OSi/c1-22(2)12-18-15(14-6-7-16(19)17(20)10-14)11-21-23(18)13-24-8-9-25(3,4)5/h6-7,10-11H,8-9,12-13H2,1-5H3. The van der Waals surface area contributed by atoms with E-state index in [1.165, 1.54) is 6.07 Å². The lowest BCUT2D eigenvalue weighted by Gasteiger charge is -2.17. The van der Waals surface area contributed by atoms with Gasteiger partial charge in [0.25, 0.3) is 0 Å². The average molecular weight is 428 g/mol. The largest absolute Gasteiger partial charge is 0.360 e. The molecule has 0 spiro atoms. The second-order valence-electron chi connectivity index (χ2n) is 7.72. The topological polar surface area (TPSA) is 30.3 Å². The number of hydrogen-bond acceptors (Lipinski definition) is 3. The van der Waals surface area contributed by atoms with Gasteiger partial charge in [-0.05, 0) is 53.8 Å². The molecule has 0 aliphatic heterocycles. The fourth-order valence-corrected chi connectivity index (χ4v) is 3.43. The summed E-state index contributed by atoms with van der Waals surface area (Å²) < 4.78 is 22.1. The Morgan fingerprint density at radius 1 is 1.28 bits per heavy atom. The summed E-state index contributed by atoms with van der Waals surface area (Å²) in [4.78, 5) is 2.08. The maximum Gasteiger partial charge on any atom is 0.139 e. The summed E-state index contributed by atoms with van der Waals surface area (Å²) in [5, 5.41) is 4.47. The van der Waals surface area contributed by atoms with Crippen LogP contribution in [0.15, 0.2) is 28.9 Å². The van der Waals surface area contributed by atoms with Crippen LogP contribution in [0.2, 0.25) is 25.7 Å².